The van der Waals surface area contributed by atoms with Gasteiger partial charge in [0.25, 0.3) is 0 Å². The van der Waals surface area contributed by atoms with E-state index >= 15 is 0 Å². The third-order valence-electron chi connectivity index (χ3n) is 4.79. The van der Waals surface area contributed by atoms with Crippen LogP contribution in [0, 0.1) is 11.3 Å². The number of benzene rings is 3. The van der Waals surface area contributed by atoms with Crippen LogP contribution in [0.25, 0.3) is 21.3 Å². The molecule has 1 N–H and O–H groups in total. The van der Waals surface area contributed by atoms with Crippen LogP contribution in [0.3, 0.4) is 0 Å². The largest absolute Gasteiger partial charge is 0.306 e. The van der Waals surface area contributed by atoms with Crippen LogP contribution in [0.1, 0.15) is 16.7 Å². The zero-order valence-electron chi connectivity index (χ0n) is 17.7. The lowest BCUT2D eigenvalue weighted by atomic mass is 10.1. The molecule has 0 spiro atoms. The smallest absolute Gasteiger partial charge is 0.217 e. The molecular formula is C26H18Cl2N3OPS. The minimum atomic E-state index is -3.41. The molecule has 1 unspecified atom stereocenters. The van der Waals surface area contributed by atoms with E-state index in [1.54, 1.807) is 12.1 Å². The molecule has 0 amide bonds. The Balaban J connectivity index is 1.69. The molecule has 4 nitrogen and oxygen atoms in total. The molecule has 1 aromatic heterocycles. The average molecular weight is 522 g/mol. The number of thiazole rings is 1. The zero-order chi connectivity index (χ0) is 24.0. The van der Waals surface area contributed by atoms with Gasteiger partial charge in [-0.3, -0.25) is 4.57 Å². The highest BCUT2D eigenvalue weighted by Crippen LogP contribution is 2.54. The van der Waals surface area contributed by atoms with Crippen LogP contribution in [0.15, 0.2) is 102 Å². The van der Waals surface area contributed by atoms with Crippen LogP contribution in [-0.2, 0) is 4.57 Å². The summed E-state index contributed by atoms with van der Waals surface area (Å²) >= 11 is 14.4. The second-order valence-electron chi connectivity index (χ2n) is 7.23. The van der Waals surface area contributed by atoms with E-state index in [-0.39, 0.29) is 0 Å². The molecule has 0 saturated heterocycles. The summed E-state index contributed by atoms with van der Waals surface area (Å²) in [5.41, 5.74) is 3.62. The molecule has 0 bridgehead atoms. The van der Waals surface area contributed by atoms with Crippen molar-refractivity contribution in [1.29, 1.82) is 5.26 Å². The minimum absolute atomic E-state index is 0.342. The van der Waals surface area contributed by atoms with Gasteiger partial charge in [0.1, 0.15) is 0 Å². The first kappa shape index (κ1) is 24.0. The fourth-order valence-electron chi connectivity index (χ4n) is 3.11. The number of hydrogen-bond acceptors (Lipinski definition) is 4. The zero-order valence-corrected chi connectivity index (χ0v) is 21.0. The molecule has 1 atom stereocenters. The van der Waals surface area contributed by atoms with Crippen LogP contribution in [-0.4, -0.2) is 4.98 Å². The van der Waals surface area contributed by atoms with E-state index in [4.69, 9.17) is 28.5 Å². The van der Waals surface area contributed by atoms with Gasteiger partial charge in [-0.1, -0.05) is 96.0 Å². The van der Waals surface area contributed by atoms with E-state index in [0.717, 1.165) is 16.7 Å². The Labute approximate surface area is 212 Å². The molecule has 0 aliphatic rings. The summed E-state index contributed by atoms with van der Waals surface area (Å²) in [6, 6.07) is 27.8. The second kappa shape index (κ2) is 10.9. The maximum absolute atomic E-state index is 14.1. The van der Waals surface area contributed by atoms with E-state index < -0.39 is 7.29 Å². The van der Waals surface area contributed by atoms with Crippen molar-refractivity contribution in [2.24, 2.45) is 0 Å². The molecule has 0 aliphatic carbocycles. The Morgan fingerprint density at radius 2 is 1.41 bits per heavy atom. The third-order valence-corrected chi connectivity index (χ3v) is 8.51. The summed E-state index contributed by atoms with van der Waals surface area (Å²) in [7, 11) is -3.41. The van der Waals surface area contributed by atoms with Gasteiger partial charge in [0.15, 0.2) is 5.13 Å². The molecule has 0 aliphatic heterocycles. The van der Waals surface area contributed by atoms with Gasteiger partial charge >= 0.3 is 0 Å². The molecule has 1 heterocycles. The highest BCUT2D eigenvalue weighted by molar-refractivity contribution is 7.72. The Bertz CT molecular complexity index is 1370. The molecule has 0 fully saturated rings. The number of nitrogens with one attached hydrogen (secondary N) is 1. The van der Waals surface area contributed by atoms with Crippen LogP contribution < -0.4 is 5.09 Å². The maximum atomic E-state index is 14.1. The van der Waals surface area contributed by atoms with Crippen molar-refractivity contribution >= 4 is 57.0 Å². The third kappa shape index (κ3) is 6.05. The molecule has 34 heavy (non-hydrogen) atoms. The lowest BCUT2D eigenvalue weighted by Gasteiger charge is -2.13. The van der Waals surface area contributed by atoms with E-state index in [1.165, 1.54) is 23.0 Å². The molecule has 0 saturated carbocycles. The number of anilines is 1. The maximum Gasteiger partial charge on any atom is 0.217 e. The molecule has 8 heteroatoms. The van der Waals surface area contributed by atoms with Gasteiger partial charge in [0.05, 0.1) is 27.4 Å². The number of halogens is 2. The predicted molar refractivity (Wildman–Crippen MR) is 144 cm³/mol. The van der Waals surface area contributed by atoms with Crippen molar-refractivity contribution in [3.8, 4) is 17.3 Å². The van der Waals surface area contributed by atoms with Gasteiger partial charge in [-0.15, -0.1) is 11.3 Å². The average Bonchev–Trinajstić information content (AvgIpc) is 3.33. The highest BCUT2D eigenvalue weighted by Gasteiger charge is 2.21. The molecule has 4 aromatic rings. The molecule has 4 rings (SSSR count). The Morgan fingerprint density at radius 3 is 1.91 bits per heavy atom. The van der Waals surface area contributed by atoms with Gasteiger partial charge < -0.3 is 5.09 Å². The summed E-state index contributed by atoms with van der Waals surface area (Å²) in [4.78, 5) is 4.59. The van der Waals surface area contributed by atoms with Crippen molar-refractivity contribution in [1.82, 2.24) is 4.98 Å². The molecule has 0 radical (unpaired) electrons. The van der Waals surface area contributed by atoms with Crippen LogP contribution in [0.2, 0.25) is 0 Å². The first-order chi connectivity index (χ1) is 16.5. The first-order valence-corrected chi connectivity index (χ1v) is 13.7. The van der Waals surface area contributed by atoms with Gasteiger partial charge in [0.2, 0.25) is 7.29 Å². The number of nitriles is 1. The standard InChI is InChI=1S/C26H18Cl2N3OPS/c27-23(20-7-3-1-4-8-20)16-33(32,17-24(28)21-9-5-2-6-10-21)31-26-30-25(18-34-26)22-13-11-19(15-29)12-14-22/h1-14,16-18H,(H,30,31,32)/b23-16-,24-17+. The number of rotatable bonds is 7. The van der Waals surface area contributed by atoms with Gasteiger partial charge in [0, 0.05) is 22.6 Å². The molecular weight excluding hydrogens is 504 g/mol. The van der Waals surface area contributed by atoms with Crippen LogP contribution >= 0.6 is 41.8 Å². The quantitative estimate of drug-likeness (QED) is 0.246. The lowest BCUT2D eigenvalue weighted by molar-refractivity contribution is 0.589. The fraction of sp³-hybridized carbons (Fsp3) is 0. The van der Waals surface area contributed by atoms with Crippen molar-refractivity contribution in [2.75, 3.05) is 5.09 Å². The monoisotopic (exact) mass is 521 g/mol. The Hall–Kier alpha value is -3.13. The summed E-state index contributed by atoms with van der Waals surface area (Å²) in [5.74, 6) is 3.00. The molecule has 168 valence electrons. The highest BCUT2D eigenvalue weighted by atomic mass is 35.5. The van der Waals surface area contributed by atoms with Crippen LogP contribution in [0.5, 0.6) is 0 Å². The topological polar surface area (TPSA) is 65.8 Å². The number of aromatic nitrogens is 1. The van der Waals surface area contributed by atoms with Gasteiger partial charge in [-0.2, -0.15) is 5.26 Å². The van der Waals surface area contributed by atoms with Gasteiger partial charge in [-0.05, 0) is 23.3 Å². The van der Waals surface area contributed by atoms with Crippen molar-refractivity contribution in [3.63, 3.8) is 0 Å². The summed E-state index contributed by atoms with van der Waals surface area (Å²) in [6.45, 7) is 0. The Kier molecular flexibility index (Phi) is 7.67. The number of nitrogens with zero attached hydrogens (tertiary/aromatic N) is 2. The van der Waals surface area contributed by atoms with E-state index in [2.05, 4.69) is 16.1 Å². The predicted octanol–water partition coefficient (Wildman–Crippen LogP) is 8.85. The number of hydrogen-bond donors (Lipinski definition) is 1. The second-order valence-corrected chi connectivity index (χ2v) is 11.1. The SMILES string of the molecule is N#Cc1ccc(-c2csc(NP(=O)(/C=C(\Cl)c3ccccc3)/C=C(/Cl)c3ccccc3)n2)cc1. The van der Waals surface area contributed by atoms with Crippen LogP contribution in [0.4, 0.5) is 5.13 Å². The summed E-state index contributed by atoms with van der Waals surface area (Å²) in [6.07, 6.45) is 0. The van der Waals surface area contributed by atoms with Crippen molar-refractivity contribution in [3.05, 3.63) is 119 Å². The minimum Gasteiger partial charge on any atom is -0.306 e. The van der Waals surface area contributed by atoms with Crippen molar-refractivity contribution in [2.45, 2.75) is 0 Å². The molecule has 3 aromatic carbocycles. The van der Waals surface area contributed by atoms with Crippen molar-refractivity contribution < 1.29 is 4.57 Å². The first-order valence-electron chi connectivity index (χ1n) is 10.2. The lowest BCUT2D eigenvalue weighted by Crippen LogP contribution is -1.94. The van der Waals surface area contributed by atoms with E-state index in [0.29, 0.717) is 26.5 Å². The van der Waals surface area contributed by atoms with Gasteiger partial charge in [-0.25, -0.2) is 4.98 Å². The van der Waals surface area contributed by atoms with E-state index in [9.17, 15) is 4.57 Å². The Morgan fingerprint density at radius 1 is 0.882 bits per heavy atom. The summed E-state index contributed by atoms with van der Waals surface area (Å²) < 4.78 is 14.1. The fourth-order valence-corrected chi connectivity index (χ4v) is 6.95. The normalized spacial score (nSPS) is 13.7. The van der Waals surface area contributed by atoms with E-state index in [1.807, 2.05) is 78.2 Å². The summed E-state index contributed by atoms with van der Waals surface area (Å²) in [5, 5.41) is 15.1.